The summed E-state index contributed by atoms with van der Waals surface area (Å²) >= 11 is 1.58. The molecule has 0 aliphatic carbocycles. The van der Waals surface area contributed by atoms with Crippen LogP contribution in [0.25, 0.3) is 0 Å². The monoisotopic (exact) mass is 437 g/mol. The van der Waals surface area contributed by atoms with Crippen LogP contribution in [0.2, 0.25) is 0 Å². The van der Waals surface area contributed by atoms with Crippen molar-refractivity contribution >= 4 is 23.2 Å². The standard InChI is InChI=1S/C23H23N3O4S/c1-2-3-11-26-22(29)20(21(28)25-23(26)30)17-13-19(14-7-6-8-15(27)12-14)31-18-10-5-4-9-16(18)24-17/h4-10,12,19,27,29H,2-3,11,13H2,1H3,(H,25,28,30)/t19-/m0/s1. The van der Waals surface area contributed by atoms with Crippen molar-refractivity contribution in [3.63, 3.8) is 0 Å². The number of aromatic hydroxyl groups is 2. The summed E-state index contributed by atoms with van der Waals surface area (Å²) in [5.74, 6) is -0.206. The molecule has 0 radical (unpaired) electrons. The number of H-pyrrole nitrogens is 1. The molecule has 1 aliphatic rings. The predicted molar refractivity (Wildman–Crippen MR) is 122 cm³/mol. The van der Waals surface area contributed by atoms with Gasteiger partial charge in [0.25, 0.3) is 5.56 Å². The van der Waals surface area contributed by atoms with Crippen molar-refractivity contribution in [1.82, 2.24) is 9.55 Å². The summed E-state index contributed by atoms with van der Waals surface area (Å²) in [4.78, 5) is 33.0. The molecule has 0 unspecified atom stereocenters. The summed E-state index contributed by atoms with van der Waals surface area (Å²) in [5.41, 5.74) is 0.689. The maximum Gasteiger partial charge on any atom is 0.331 e. The number of nitrogens with one attached hydrogen (secondary N) is 1. The van der Waals surface area contributed by atoms with Gasteiger partial charge in [0.15, 0.2) is 0 Å². The summed E-state index contributed by atoms with van der Waals surface area (Å²) in [7, 11) is 0. The lowest BCUT2D eigenvalue weighted by molar-refractivity contribution is 0.394. The molecule has 1 aliphatic heterocycles. The molecule has 1 atom stereocenters. The molecule has 0 saturated heterocycles. The van der Waals surface area contributed by atoms with E-state index in [0.29, 0.717) is 30.8 Å². The van der Waals surface area contributed by atoms with Crippen molar-refractivity contribution < 1.29 is 10.2 Å². The van der Waals surface area contributed by atoms with Gasteiger partial charge in [0.1, 0.15) is 11.3 Å². The first-order valence-electron chi connectivity index (χ1n) is 10.2. The molecule has 31 heavy (non-hydrogen) atoms. The molecule has 0 spiro atoms. The van der Waals surface area contributed by atoms with Crippen LogP contribution in [0.5, 0.6) is 11.6 Å². The van der Waals surface area contributed by atoms with Gasteiger partial charge in [-0.2, -0.15) is 0 Å². The Bertz CT molecular complexity index is 1260. The summed E-state index contributed by atoms with van der Waals surface area (Å²) < 4.78 is 1.19. The molecule has 3 N–H and O–H groups in total. The normalized spacial score (nSPS) is 15.8. The maximum atomic E-state index is 12.8. The Hall–Kier alpha value is -3.26. The van der Waals surface area contributed by atoms with Gasteiger partial charge in [0, 0.05) is 23.1 Å². The van der Waals surface area contributed by atoms with E-state index in [0.717, 1.165) is 16.9 Å². The lowest BCUT2D eigenvalue weighted by Gasteiger charge is -2.17. The lowest BCUT2D eigenvalue weighted by Crippen LogP contribution is -2.34. The van der Waals surface area contributed by atoms with E-state index < -0.39 is 11.2 Å². The van der Waals surface area contributed by atoms with Gasteiger partial charge in [-0.3, -0.25) is 19.3 Å². The van der Waals surface area contributed by atoms with Crippen LogP contribution in [0.3, 0.4) is 0 Å². The third kappa shape index (κ3) is 4.29. The summed E-state index contributed by atoms with van der Waals surface area (Å²) in [6.45, 7) is 2.29. The second-order valence-electron chi connectivity index (χ2n) is 7.39. The van der Waals surface area contributed by atoms with E-state index in [1.807, 2.05) is 37.3 Å². The molecule has 0 amide bonds. The number of aromatic nitrogens is 2. The Morgan fingerprint density at radius 2 is 1.97 bits per heavy atom. The number of phenols is 1. The van der Waals surface area contributed by atoms with E-state index in [1.54, 1.807) is 30.0 Å². The van der Waals surface area contributed by atoms with Gasteiger partial charge < -0.3 is 10.2 Å². The van der Waals surface area contributed by atoms with E-state index in [9.17, 15) is 19.8 Å². The smallest absolute Gasteiger partial charge is 0.331 e. The van der Waals surface area contributed by atoms with E-state index in [2.05, 4.69) is 4.98 Å². The summed E-state index contributed by atoms with van der Waals surface area (Å²) in [5, 5.41) is 20.7. The number of phenolic OH excluding ortho intramolecular Hbond substituents is 1. The fourth-order valence-corrected chi connectivity index (χ4v) is 4.85. The SMILES string of the molecule is CCCCn1c(O)c(C2=Nc3ccccc3S[C@H](c3cccc(O)c3)C2)c(=O)[nH]c1=O. The van der Waals surface area contributed by atoms with E-state index in [1.165, 1.54) is 4.57 Å². The van der Waals surface area contributed by atoms with Crippen LogP contribution in [0.1, 0.15) is 42.6 Å². The van der Waals surface area contributed by atoms with Gasteiger partial charge in [-0.05, 0) is 36.2 Å². The van der Waals surface area contributed by atoms with Crippen LogP contribution < -0.4 is 11.2 Å². The first-order chi connectivity index (χ1) is 15.0. The number of unbranched alkanes of at least 4 members (excludes halogenated alkanes) is 1. The number of nitrogens with zero attached hydrogens (tertiary/aromatic N) is 2. The minimum absolute atomic E-state index is 0.0122. The highest BCUT2D eigenvalue weighted by atomic mass is 32.2. The average Bonchev–Trinajstić information content (AvgIpc) is 2.93. The molecule has 0 bridgehead atoms. The van der Waals surface area contributed by atoms with Gasteiger partial charge in [0.05, 0.1) is 11.4 Å². The van der Waals surface area contributed by atoms with Crippen LogP contribution >= 0.6 is 11.8 Å². The highest BCUT2D eigenvalue weighted by Gasteiger charge is 2.27. The second-order valence-corrected chi connectivity index (χ2v) is 8.64. The highest BCUT2D eigenvalue weighted by molar-refractivity contribution is 7.99. The zero-order valence-corrected chi connectivity index (χ0v) is 17.9. The quantitative estimate of drug-likeness (QED) is 0.557. The Balaban J connectivity index is 1.88. The number of benzene rings is 2. The number of hydrogen-bond acceptors (Lipinski definition) is 6. The maximum absolute atomic E-state index is 12.8. The zero-order valence-electron chi connectivity index (χ0n) is 17.0. The number of aromatic amines is 1. The van der Waals surface area contributed by atoms with Crippen molar-refractivity contribution in [1.29, 1.82) is 0 Å². The van der Waals surface area contributed by atoms with Crippen molar-refractivity contribution in [3.05, 3.63) is 80.5 Å². The molecule has 4 rings (SSSR count). The minimum Gasteiger partial charge on any atom is -0.508 e. The average molecular weight is 438 g/mol. The summed E-state index contributed by atoms with van der Waals surface area (Å²) in [6.07, 6.45) is 1.87. The number of aliphatic imine (C=N–C) groups is 1. The molecule has 160 valence electrons. The number of hydrogen-bond donors (Lipinski definition) is 3. The molecule has 2 aromatic carbocycles. The second kappa shape index (κ2) is 8.85. The molecular formula is C23H23N3O4S. The van der Waals surface area contributed by atoms with Crippen LogP contribution in [-0.4, -0.2) is 25.5 Å². The first-order valence-corrected chi connectivity index (χ1v) is 11.0. The Morgan fingerprint density at radius 1 is 1.16 bits per heavy atom. The van der Waals surface area contributed by atoms with Gasteiger partial charge in [-0.25, -0.2) is 4.79 Å². The van der Waals surface area contributed by atoms with E-state index in [-0.39, 0.29) is 22.4 Å². The third-order valence-corrected chi connectivity index (χ3v) is 6.53. The minimum atomic E-state index is -0.659. The fraction of sp³-hybridized carbons (Fsp3) is 0.261. The molecule has 3 aromatic rings. The molecule has 2 heterocycles. The van der Waals surface area contributed by atoms with E-state index in [4.69, 9.17) is 4.99 Å². The molecular weight excluding hydrogens is 414 g/mol. The Kier molecular flexibility index (Phi) is 5.99. The van der Waals surface area contributed by atoms with E-state index >= 15 is 0 Å². The van der Waals surface area contributed by atoms with Crippen LogP contribution in [-0.2, 0) is 6.54 Å². The van der Waals surface area contributed by atoms with Crippen LogP contribution in [0, 0.1) is 0 Å². The Morgan fingerprint density at radius 3 is 2.74 bits per heavy atom. The largest absolute Gasteiger partial charge is 0.508 e. The molecule has 8 heteroatoms. The van der Waals surface area contributed by atoms with Crippen molar-refractivity contribution in [2.45, 2.75) is 42.9 Å². The molecule has 7 nitrogen and oxygen atoms in total. The van der Waals surface area contributed by atoms with Crippen molar-refractivity contribution in [3.8, 4) is 11.6 Å². The number of fused-ring (bicyclic) bond motifs is 1. The topological polar surface area (TPSA) is 108 Å². The fourth-order valence-electron chi connectivity index (χ4n) is 3.62. The third-order valence-electron chi connectivity index (χ3n) is 5.21. The van der Waals surface area contributed by atoms with Crippen molar-refractivity contribution in [2.24, 2.45) is 4.99 Å². The van der Waals surface area contributed by atoms with Gasteiger partial charge in [-0.1, -0.05) is 37.6 Å². The zero-order chi connectivity index (χ0) is 22.0. The summed E-state index contributed by atoms with van der Waals surface area (Å²) in [6, 6.07) is 14.6. The van der Waals surface area contributed by atoms with Gasteiger partial charge in [-0.15, -0.1) is 11.8 Å². The number of rotatable bonds is 5. The van der Waals surface area contributed by atoms with Crippen molar-refractivity contribution in [2.75, 3.05) is 0 Å². The van der Waals surface area contributed by atoms with Gasteiger partial charge in [0.2, 0.25) is 5.88 Å². The van der Waals surface area contributed by atoms with Crippen LogP contribution in [0.15, 0.2) is 68.0 Å². The Labute approximate surface area is 183 Å². The molecule has 0 saturated carbocycles. The predicted octanol–water partition coefficient (Wildman–Crippen LogP) is 4.11. The number of para-hydroxylation sites is 1. The highest BCUT2D eigenvalue weighted by Crippen LogP contribution is 2.46. The lowest BCUT2D eigenvalue weighted by atomic mass is 10.0. The molecule has 1 aromatic heterocycles. The van der Waals surface area contributed by atoms with Crippen LogP contribution in [0.4, 0.5) is 5.69 Å². The molecule has 0 fully saturated rings. The first kappa shape index (κ1) is 21.0. The number of thioether (sulfide) groups is 1. The van der Waals surface area contributed by atoms with Gasteiger partial charge >= 0.3 is 5.69 Å².